The molecule has 1 aromatic heterocycles. The Morgan fingerprint density at radius 1 is 1.29 bits per heavy atom. The number of amides is 2. The Morgan fingerprint density at radius 2 is 1.96 bits per heavy atom. The second kappa shape index (κ2) is 7.31. The van der Waals surface area contributed by atoms with Crippen molar-refractivity contribution < 1.29 is 22.8 Å². The highest BCUT2D eigenvalue weighted by Crippen LogP contribution is 2.36. The first kappa shape index (κ1) is 19.4. The highest BCUT2D eigenvalue weighted by Gasteiger charge is 2.44. The lowest BCUT2D eigenvalue weighted by Crippen LogP contribution is -2.33. The first-order valence-electron chi connectivity index (χ1n) is 8.29. The van der Waals surface area contributed by atoms with Gasteiger partial charge in [0.1, 0.15) is 12.0 Å². The zero-order valence-corrected chi connectivity index (χ0v) is 14.7. The van der Waals surface area contributed by atoms with Gasteiger partial charge in [-0.05, 0) is 23.8 Å². The number of rotatable bonds is 3. The number of nitriles is 1. The molecular weight excluding hydrogens is 373 g/mol. The smallest absolute Gasteiger partial charge is 0.344 e. The summed E-state index contributed by atoms with van der Waals surface area (Å²) in [6, 6.07) is 7.77. The van der Waals surface area contributed by atoms with Crippen LogP contribution in [0.2, 0.25) is 0 Å². The third-order valence-electron chi connectivity index (χ3n) is 4.66. The second-order valence-corrected chi connectivity index (χ2v) is 6.45. The third-order valence-corrected chi connectivity index (χ3v) is 4.66. The number of aromatic nitrogens is 1. The lowest BCUT2D eigenvalue weighted by atomic mass is 9.87. The van der Waals surface area contributed by atoms with Crippen LogP contribution in [0.5, 0.6) is 0 Å². The Morgan fingerprint density at radius 3 is 2.57 bits per heavy atom. The van der Waals surface area contributed by atoms with Crippen molar-refractivity contribution in [2.24, 2.45) is 5.92 Å². The van der Waals surface area contributed by atoms with Gasteiger partial charge in [-0.1, -0.05) is 12.1 Å². The Bertz CT molecular complexity index is 951. The van der Waals surface area contributed by atoms with Gasteiger partial charge in [0.05, 0.1) is 23.0 Å². The van der Waals surface area contributed by atoms with Crippen molar-refractivity contribution in [2.45, 2.75) is 12.1 Å². The summed E-state index contributed by atoms with van der Waals surface area (Å²) >= 11 is 0. The minimum absolute atomic E-state index is 0.170. The van der Waals surface area contributed by atoms with Gasteiger partial charge in [0.25, 0.3) is 0 Å². The van der Waals surface area contributed by atoms with Crippen LogP contribution in [0.3, 0.4) is 0 Å². The van der Waals surface area contributed by atoms with E-state index in [-0.39, 0.29) is 17.8 Å². The molecule has 2 atom stereocenters. The van der Waals surface area contributed by atoms with Crippen LogP contribution >= 0.6 is 0 Å². The molecule has 0 radical (unpaired) electrons. The van der Waals surface area contributed by atoms with Crippen LogP contribution in [0.15, 0.2) is 42.7 Å². The summed E-state index contributed by atoms with van der Waals surface area (Å²) in [5, 5.41) is 11.7. The van der Waals surface area contributed by atoms with Gasteiger partial charge >= 0.3 is 6.18 Å². The van der Waals surface area contributed by atoms with E-state index in [4.69, 9.17) is 5.26 Å². The molecule has 2 amide bonds. The number of benzene rings is 1. The average molecular weight is 388 g/mol. The van der Waals surface area contributed by atoms with Crippen molar-refractivity contribution in [1.82, 2.24) is 9.88 Å². The molecule has 0 aliphatic carbocycles. The molecule has 1 N–H and O–H groups in total. The zero-order valence-electron chi connectivity index (χ0n) is 14.7. The van der Waals surface area contributed by atoms with Crippen molar-refractivity contribution in [3.8, 4) is 6.07 Å². The van der Waals surface area contributed by atoms with Gasteiger partial charge in [0.2, 0.25) is 11.8 Å². The van der Waals surface area contributed by atoms with Gasteiger partial charge < -0.3 is 10.2 Å². The molecule has 1 fully saturated rings. The Labute approximate surface area is 158 Å². The van der Waals surface area contributed by atoms with E-state index in [9.17, 15) is 22.8 Å². The number of likely N-dealkylation sites (tertiary alicyclic amines) is 1. The number of hydrogen-bond acceptors (Lipinski definition) is 4. The third kappa shape index (κ3) is 3.67. The van der Waals surface area contributed by atoms with Crippen LogP contribution in [-0.2, 0) is 15.8 Å². The fraction of sp³-hybridized carbons (Fsp3) is 0.263. The molecule has 1 aliphatic rings. The largest absolute Gasteiger partial charge is 0.416 e. The van der Waals surface area contributed by atoms with Crippen LogP contribution < -0.4 is 5.32 Å². The fourth-order valence-corrected chi connectivity index (χ4v) is 3.21. The average Bonchev–Trinajstić information content (AvgIpc) is 2.96. The van der Waals surface area contributed by atoms with Crippen LogP contribution in [0.4, 0.5) is 18.9 Å². The Balaban J connectivity index is 1.88. The molecule has 2 aromatic rings. The molecule has 0 saturated carbocycles. The molecule has 1 aromatic carbocycles. The highest BCUT2D eigenvalue weighted by molar-refractivity contribution is 6.08. The van der Waals surface area contributed by atoms with Gasteiger partial charge in [-0.15, -0.1) is 0 Å². The number of nitrogens with one attached hydrogen (secondary N) is 1. The Hall–Kier alpha value is -3.41. The van der Waals surface area contributed by atoms with E-state index in [0.29, 0.717) is 5.56 Å². The summed E-state index contributed by atoms with van der Waals surface area (Å²) in [7, 11) is 1.53. The second-order valence-electron chi connectivity index (χ2n) is 6.45. The maximum Gasteiger partial charge on any atom is 0.416 e. The first-order chi connectivity index (χ1) is 13.2. The maximum atomic E-state index is 12.8. The monoisotopic (exact) mass is 388 g/mol. The topological polar surface area (TPSA) is 86.1 Å². The van der Waals surface area contributed by atoms with Gasteiger partial charge in [-0.3, -0.25) is 14.6 Å². The number of alkyl halides is 3. The predicted molar refractivity (Wildman–Crippen MR) is 92.9 cm³/mol. The number of anilines is 1. The van der Waals surface area contributed by atoms with Crippen molar-refractivity contribution in [2.75, 3.05) is 18.9 Å². The number of likely N-dealkylation sites (N-methyl/N-ethyl adjacent to an activating group) is 1. The summed E-state index contributed by atoms with van der Waals surface area (Å²) in [5.41, 5.74) is 0.0123. The van der Waals surface area contributed by atoms with Gasteiger partial charge in [0.15, 0.2) is 0 Å². The number of hydrogen-bond donors (Lipinski definition) is 1. The highest BCUT2D eigenvalue weighted by atomic mass is 19.4. The van der Waals surface area contributed by atoms with E-state index in [2.05, 4.69) is 10.3 Å². The first-order valence-corrected chi connectivity index (χ1v) is 8.29. The normalized spacial score (nSPS) is 19.4. The van der Waals surface area contributed by atoms with Crippen molar-refractivity contribution in [1.29, 1.82) is 5.26 Å². The quantitative estimate of drug-likeness (QED) is 0.820. The molecule has 3 rings (SSSR count). The van der Waals surface area contributed by atoms with Crippen molar-refractivity contribution >= 4 is 17.5 Å². The standard InChI is InChI=1S/C19H15F3N4O2/c1-26-10-14(11-2-4-13(5-3-11)19(20,21)22)16(18(26)28)17(27)25-15-9-24-7-6-12(15)8-23/h2-7,9,14,16H,10H2,1H3,(H,25,27)/t14-,16+/m1/s1. The fourth-order valence-electron chi connectivity index (χ4n) is 3.21. The lowest BCUT2D eigenvalue weighted by Gasteiger charge is -2.18. The van der Waals surface area contributed by atoms with Crippen LogP contribution in [0.25, 0.3) is 0 Å². The molecule has 28 heavy (non-hydrogen) atoms. The molecule has 1 aliphatic heterocycles. The molecule has 0 bridgehead atoms. The summed E-state index contributed by atoms with van der Waals surface area (Å²) in [6.45, 7) is 0.195. The van der Waals surface area contributed by atoms with Crippen LogP contribution in [0.1, 0.15) is 22.6 Å². The van der Waals surface area contributed by atoms with E-state index in [0.717, 1.165) is 12.1 Å². The molecular formula is C19H15F3N4O2. The van der Waals surface area contributed by atoms with Crippen molar-refractivity contribution in [3.05, 3.63) is 59.4 Å². The van der Waals surface area contributed by atoms with E-state index in [1.807, 2.05) is 6.07 Å². The number of carbonyl (C=O) groups is 2. The minimum Gasteiger partial charge on any atom is -0.344 e. The lowest BCUT2D eigenvalue weighted by molar-refractivity contribution is -0.138. The number of carbonyl (C=O) groups excluding carboxylic acids is 2. The molecule has 144 valence electrons. The minimum atomic E-state index is -4.47. The Kier molecular flexibility index (Phi) is 5.05. The molecule has 6 nitrogen and oxygen atoms in total. The summed E-state index contributed by atoms with van der Waals surface area (Å²) in [5.74, 6) is -2.80. The zero-order chi connectivity index (χ0) is 20.5. The van der Waals surface area contributed by atoms with Gasteiger partial charge in [-0.25, -0.2) is 0 Å². The molecule has 0 unspecified atom stereocenters. The molecule has 9 heteroatoms. The van der Waals surface area contributed by atoms with E-state index in [1.165, 1.54) is 42.5 Å². The van der Waals surface area contributed by atoms with E-state index >= 15 is 0 Å². The SMILES string of the molecule is CN1C[C@H](c2ccc(C(F)(F)F)cc2)[C@@H](C(=O)Nc2cnccc2C#N)C1=O. The summed E-state index contributed by atoms with van der Waals surface area (Å²) in [4.78, 5) is 30.5. The number of nitrogens with zero attached hydrogens (tertiary/aromatic N) is 3. The molecule has 0 spiro atoms. The number of halogens is 3. The van der Waals surface area contributed by atoms with Gasteiger partial charge in [-0.2, -0.15) is 18.4 Å². The van der Waals surface area contributed by atoms with Crippen molar-refractivity contribution in [3.63, 3.8) is 0 Å². The molecule has 2 heterocycles. The summed E-state index contributed by atoms with van der Waals surface area (Å²) in [6.07, 6.45) is -1.77. The van der Waals surface area contributed by atoms with Gasteiger partial charge in [0, 0.05) is 25.7 Å². The van der Waals surface area contributed by atoms with E-state index < -0.39 is 35.4 Å². The van der Waals surface area contributed by atoms with Crippen LogP contribution in [-0.4, -0.2) is 35.3 Å². The predicted octanol–water partition coefficient (Wildman–Crippen LogP) is 2.78. The molecule has 1 saturated heterocycles. The number of pyridine rings is 1. The summed E-state index contributed by atoms with van der Waals surface area (Å²) < 4.78 is 38.3. The maximum absolute atomic E-state index is 12.8. The van der Waals surface area contributed by atoms with Crippen LogP contribution in [0, 0.1) is 17.2 Å². The van der Waals surface area contributed by atoms with E-state index in [1.54, 1.807) is 0 Å².